The van der Waals surface area contributed by atoms with Crippen molar-refractivity contribution in [2.24, 2.45) is 0 Å². The van der Waals surface area contributed by atoms with Crippen LogP contribution in [0.15, 0.2) is 41.9 Å². The largest absolute Gasteiger partial charge is 0.491 e. The Morgan fingerprint density at radius 3 is 2.65 bits per heavy atom. The predicted octanol–water partition coefficient (Wildman–Crippen LogP) is 3.83. The predicted molar refractivity (Wildman–Crippen MR) is 103 cm³/mol. The van der Waals surface area contributed by atoms with Crippen LogP contribution in [0.5, 0.6) is 5.75 Å². The van der Waals surface area contributed by atoms with Crippen molar-refractivity contribution < 1.29 is 14.3 Å². The maximum Gasteiger partial charge on any atom is 0.257 e. The molecule has 0 unspecified atom stereocenters. The molecular formula is C19H21N3O3S. The lowest BCUT2D eigenvalue weighted by Crippen LogP contribution is -2.13. The van der Waals surface area contributed by atoms with E-state index >= 15 is 0 Å². The number of methoxy groups -OCH3 is 1. The molecule has 0 spiro atoms. The lowest BCUT2D eigenvalue weighted by atomic mass is 10.2. The number of aromatic nitrogens is 2. The van der Waals surface area contributed by atoms with Crippen molar-refractivity contribution in [1.29, 1.82) is 0 Å². The summed E-state index contributed by atoms with van der Waals surface area (Å²) in [4.78, 5) is 17.0. The molecule has 0 aliphatic heterocycles. The number of nitrogens with one attached hydrogen (secondary N) is 1. The summed E-state index contributed by atoms with van der Waals surface area (Å²) >= 11 is 1.54. The second-order valence-corrected chi connectivity index (χ2v) is 6.63. The Morgan fingerprint density at radius 2 is 2.00 bits per heavy atom. The molecule has 0 aliphatic carbocycles. The van der Waals surface area contributed by atoms with Crippen molar-refractivity contribution >= 4 is 22.9 Å². The normalized spacial score (nSPS) is 10.7. The topological polar surface area (TPSA) is 65.4 Å². The van der Waals surface area contributed by atoms with Gasteiger partial charge in [0.15, 0.2) is 5.13 Å². The summed E-state index contributed by atoms with van der Waals surface area (Å²) in [7, 11) is 1.63. The lowest BCUT2D eigenvalue weighted by molar-refractivity contribution is 0.102. The SMILES string of the molecule is COCCOc1ccc(NC(=O)c2cc(C)n(-c3nccs3)c2C)cc1. The molecule has 2 aromatic heterocycles. The van der Waals surface area contributed by atoms with Crippen molar-refractivity contribution in [1.82, 2.24) is 9.55 Å². The standard InChI is InChI=1S/C19H21N3O3S/c1-13-12-17(14(2)22(13)19-20-8-11-26-19)18(23)21-15-4-6-16(7-5-15)25-10-9-24-3/h4-8,11-12H,9-10H2,1-3H3,(H,21,23). The Labute approximate surface area is 156 Å². The third-order valence-electron chi connectivity index (χ3n) is 3.95. The minimum atomic E-state index is -0.144. The summed E-state index contributed by atoms with van der Waals surface area (Å²) in [5.41, 5.74) is 3.20. The van der Waals surface area contributed by atoms with Gasteiger partial charge in [0.2, 0.25) is 0 Å². The second kappa shape index (κ2) is 8.16. The van der Waals surface area contributed by atoms with Crippen LogP contribution in [-0.4, -0.2) is 35.8 Å². The first-order chi connectivity index (χ1) is 12.6. The van der Waals surface area contributed by atoms with Crippen LogP contribution < -0.4 is 10.1 Å². The number of ether oxygens (including phenoxy) is 2. The molecular weight excluding hydrogens is 350 g/mol. The molecule has 7 heteroatoms. The molecule has 0 aliphatic rings. The number of hydrogen-bond donors (Lipinski definition) is 1. The van der Waals surface area contributed by atoms with E-state index in [1.165, 1.54) is 0 Å². The van der Waals surface area contributed by atoms with E-state index in [4.69, 9.17) is 9.47 Å². The van der Waals surface area contributed by atoms with E-state index in [9.17, 15) is 4.79 Å². The lowest BCUT2D eigenvalue weighted by Gasteiger charge is -2.09. The van der Waals surface area contributed by atoms with Crippen molar-refractivity contribution in [3.63, 3.8) is 0 Å². The minimum absolute atomic E-state index is 0.144. The average Bonchev–Trinajstić information content (AvgIpc) is 3.24. The second-order valence-electron chi connectivity index (χ2n) is 5.75. The molecule has 136 valence electrons. The Kier molecular flexibility index (Phi) is 5.70. The minimum Gasteiger partial charge on any atom is -0.491 e. The summed E-state index contributed by atoms with van der Waals surface area (Å²) < 4.78 is 12.5. The van der Waals surface area contributed by atoms with Gasteiger partial charge in [-0.3, -0.25) is 9.36 Å². The van der Waals surface area contributed by atoms with E-state index < -0.39 is 0 Å². The average molecular weight is 371 g/mol. The summed E-state index contributed by atoms with van der Waals surface area (Å²) in [6.07, 6.45) is 1.76. The molecule has 0 radical (unpaired) electrons. The molecule has 2 heterocycles. The molecule has 1 amide bonds. The number of hydrogen-bond acceptors (Lipinski definition) is 5. The van der Waals surface area contributed by atoms with E-state index in [2.05, 4.69) is 10.3 Å². The quantitative estimate of drug-likeness (QED) is 0.641. The van der Waals surface area contributed by atoms with Gasteiger partial charge in [-0.05, 0) is 44.2 Å². The van der Waals surface area contributed by atoms with Gasteiger partial charge in [-0.2, -0.15) is 0 Å². The summed E-state index contributed by atoms with van der Waals surface area (Å²) in [5, 5.41) is 5.71. The first-order valence-electron chi connectivity index (χ1n) is 8.22. The number of aryl methyl sites for hydroxylation is 1. The molecule has 1 N–H and O–H groups in total. The molecule has 0 atom stereocenters. The van der Waals surface area contributed by atoms with Crippen molar-refractivity contribution in [2.75, 3.05) is 25.6 Å². The van der Waals surface area contributed by atoms with Gasteiger partial charge in [0.05, 0.1) is 12.2 Å². The summed E-state index contributed by atoms with van der Waals surface area (Å²) in [5.74, 6) is 0.593. The van der Waals surface area contributed by atoms with Gasteiger partial charge in [-0.15, -0.1) is 11.3 Å². The fraction of sp³-hybridized carbons (Fsp3) is 0.263. The molecule has 0 bridgehead atoms. The van der Waals surface area contributed by atoms with Crippen LogP contribution >= 0.6 is 11.3 Å². The number of thiazole rings is 1. The molecule has 3 rings (SSSR count). The molecule has 0 saturated carbocycles. The molecule has 26 heavy (non-hydrogen) atoms. The van der Waals surface area contributed by atoms with Crippen LogP contribution in [-0.2, 0) is 4.74 Å². The number of benzene rings is 1. The highest BCUT2D eigenvalue weighted by atomic mass is 32.1. The fourth-order valence-electron chi connectivity index (χ4n) is 2.69. The van der Waals surface area contributed by atoms with E-state index in [1.807, 2.05) is 54.1 Å². The fourth-order valence-corrected chi connectivity index (χ4v) is 3.44. The summed E-state index contributed by atoms with van der Waals surface area (Å²) in [6.45, 7) is 4.92. The Morgan fingerprint density at radius 1 is 1.23 bits per heavy atom. The van der Waals surface area contributed by atoms with E-state index in [-0.39, 0.29) is 5.91 Å². The summed E-state index contributed by atoms with van der Waals surface area (Å²) in [6, 6.07) is 9.17. The first kappa shape index (κ1) is 18.2. The monoisotopic (exact) mass is 371 g/mol. The van der Waals surface area contributed by atoms with Crippen LogP contribution in [0, 0.1) is 13.8 Å². The van der Waals surface area contributed by atoms with Gasteiger partial charge in [-0.1, -0.05) is 0 Å². The first-order valence-corrected chi connectivity index (χ1v) is 9.10. The Bertz CT molecular complexity index is 870. The van der Waals surface area contributed by atoms with E-state index in [0.717, 1.165) is 22.3 Å². The van der Waals surface area contributed by atoms with Gasteiger partial charge in [0.1, 0.15) is 12.4 Å². The van der Waals surface area contributed by atoms with Gasteiger partial charge in [0.25, 0.3) is 5.91 Å². The molecule has 6 nitrogen and oxygen atoms in total. The van der Waals surface area contributed by atoms with Crippen LogP contribution in [0.4, 0.5) is 5.69 Å². The van der Waals surface area contributed by atoms with E-state index in [1.54, 1.807) is 24.6 Å². The van der Waals surface area contributed by atoms with Crippen LogP contribution in [0.25, 0.3) is 5.13 Å². The molecule has 1 aromatic carbocycles. The van der Waals surface area contributed by atoms with E-state index in [0.29, 0.717) is 24.5 Å². The molecule has 0 saturated heterocycles. The highest BCUT2D eigenvalue weighted by Gasteiger charge is 2.17. The maximum absolute atomic E-state index is 12.7. The van der Waals surface area contributed by atoms with Crippen molar-refractivity contribution in [3.05, 3.63) is 58.9 Å². The highest BCUT2D eigenvalue weighted by Crippen LogP contribution is 2.23. The number of rotatable bonds is 7. The van der Waals surface area contributed by atoms with Crippen LogP contribution in [0.2, 0.25) is 0 Å². The Hall–Kier alpha value is -2.64. The zero-order valence-electron chi connectivity index (χ0n) is 15.0. The number of amides is 1. The van der Waals surface area contributed by atoms with Gasteiger partial charge >= 0.3 is 0 Å². The molecule has 0 fully saturated rings. The Balaban J connectivity index is 1.71. The third-order valence-corrected chi connectivity index (χ3v) is 4.71. The third kappa shape index (κ3) is 3.95. The zero-order valence-corrected chi connectivity index (χ0v) is 15.8. The number of anilines is 1. The van der Waals surface area contributed by atoms with Crippen LogP contribution in [0.3, 0.4) is 0 Å². The van der Waals surface area contributed by atoms with Gasteiger partial charge < -0.3 is 14.8 Å². The zero-order chi connectivity index (χ0) is 18.5. The smallest absolute Gasteiger partial charge is 0.257 e. The van der Waals surface area contributed by atoms with Crippen molar-refractivity contribution in [2.45, 2.75) is 13.8 Å². The number of carbonyl (C=O) groups is 1. The van der Waals surface area contributed by atoms with Gasteiger partial charge in [-0.25, -0.2) is 4.98 Å². The maximum atomic E-state index is 12.7. The molecule has 3 aromatic rings. The van der Waals surface area contributed by atoms with Gasteiger partial charge in [0, 0.05) is 35.8 Å². The number of carbonyl (C=O) groups excluding carboxylic acids is 1. The van der Waals surface area contributed by atoms with Crippen molar-refractivity contribution in [3.8, 4) is 10.9 Å². The number of nitrogens with zero attached hydrogens (tertiary/aromatic N) is 2. The van der Waals surface area contributed by atoms with Crippen LogP contribution in [0.1, 0.15) is 21.7 Å². The highest BCUT2D eigenvalue weighted by molar-refractivity contribution is 7.12.